The van der Waals surface area contributed by atoms with Crippen LogP contribution in [-0.4, -0.2) is 21.3 Å². The molecule has 0 atom stereocenters. The van der Waals surface area contributed by atoms with E-state index < -0.39 is 0 Å². The van der Waals surface area contributed by atoms with Crippen LogP contribution in [-0.2, 0) is 15.1 Å². The fourth-order valence-corrected chi connectivity index (χ4v) is 1.70. The van der Waals surface area contributed by atoms with E-state index in [-0.39, 0.29) is 15.1 Å². The number of aromatic nitrogens is 1. The molecule has 8 heteroatoms. The topological polar surface area (TPSA) is 37.3 Å². The third kappa shape index (κ3) is 7.16. The van der Waals surface area contributed by atoms with Gasteiger partial charge in [-0.2, -0.15) is 5.10 Å². The van der Waals surface area contributed by atoms with Crippen LogP contribution in [0.25, 0.3) is 0 Å². The normalized spacial score (nSPS) is 10.6. The molecule has 2 aromatic rings. The van der Waals surface area contributed by atoms with Gasteiger partial charge in [0.1, 0.15) is 5.71 Å². The number of rotatable bonds is 3. The number of thiocarbonyl (C=S) groups is 1. The monoisotopic (exact) mass is 460 g/mol. The van der Waals surface area contributed by atoms with Gasteiger partial charge in [-0.05, 0) is 18.4 Å². The third-order valence-electron chi connectivity index (χ3n) is 2.40. The summed E-state index contributed by atoms with van der Waals surface area (Å²) >= 11 is 6.32. The minimum atomic E-state index is -0.226. The molecule has 0 bridgehead atoms. The maximum atomic E-state index is 5.10. The average molecular weight is 461 g/mol. The predicted molar refractivity (Wildman–Crippen MR) is 97.3 cm³/mol. The second-order valence-corrected chi connectivity index (χ2v) is 7.66. The van der Waals surface area contributed by atoms with Crippen molar-refractivity contribution in [3.8, 4) is 0 Å². The number of benzene rings is 1. The Labute approximate surface area is 155 Å². The molecule has 0 aliphatic heterocycles. The molecule has 0 radical (unpaired) electrons. The predicted octanol–water partition coefficient (Wildman–Crippen LogP) is 4.45. The number of nitrogens with zero attached hydrogens (tertiary/aromatic N) is 2. The summed E-state index contributed by atoms with van der Waals surface area (Å²) in [6, 6.07) is 15.7. The molecule has 0 spiro atoms. The summed E-state index contributed by atoms with van der Waals surface area (Å²) in [6.45, 7) is 0. The summed E-state index contributed by atoms with van der Waals surface area (Å²) in [6.07, 6.45) is 3.66. The number of nitrogens with one attached hydrogen (secondary N) is 1. The molecule has 0 amide bonds. The average Bonchev–Trinajstić information content (AvgIpc) is 2.57. The molecule has 22 heavy (non-hydrogen) atoms. The molecule has 1 aromatic carbocycles. The van der Waals surface area contributed by atoms with Gasteiger partial charge in [0.05, 0.1) is 5.69 Å². The summed E-state index contributed by atoms with van der Waals surface area (Å²) in [4.78, 5) is 4.34. The zero-order chi connectivity index (χ0) is 16.2. The molecule has 119 valence electrons. The molecule has 0 fully saturated rings. The van der Waals surface area contributed by atoms with Gasteiger partial charge in [-0.25, -0.2) is 0 Å². The molecule has 2 rings (SSSR count). The van der Waals surface area contributed by atoms with Crippen LogP contribution < -0.4 is 5.43 Å². The van der Waals surface area contributed by atoms with Gasteiger partial charge in [-0.1, -0.05) is 60.4 Å². The van der Waals surface area contributed by atoms with Crippen LogP contribution in [0.1, 0.15) is 11.3 Å². The minimum absolute atomic E-state index is 0.226. The second-order valence-electron chi connectivity index (χ2n) is 3.69. The van der Waals surface area contributed by atoms with E-state index in [1.165, 1.54) is 11.8 Å². The van der Waals surface area contributed by atoms with Crippen LogP contribution in [0.15, 0.2) is 59.8 Å². The van der Waals surface area contributed by atoms with Gasteiger partial charge in [0.15, 0.2) is 4.32 Å². The molecule has 0 saturated carbocycles. The van der Waals surface area contributed by atoms with Crippen LogP contribution in [0.3, 0.4) is 0 Å². The van der Waals surface area contributed by atoms with Crippen molar-refractivity contribution in [3.05, 3.63) is 66.0 Å². The van der Waals surface area contributed by atoms with E-state index >= 15 is 0 Å². The van der Waals surface area contributed by atoms with Crippen molar-refractivity contribution in [2.24, 2.45) is 5.10 Å². The van der Waals surface area contributed by atoms with Crippen molar-refractivity contribution in [1.82, 2.24) is 10.4 Å². The van der Waals surface area contributed by atoms with Crippen molar-refractivity contribution in [3.63, 3.8) is 0 Å². The molecule has 1 aromatic heterocycles. The number of halogens is 2. The van der Waals surface area contributed by atoms with E-state index in [4.69, 9.17) is 31.6 Å². The van der Waals surface area contributed by atoms with Gasteiger partial charge >= 0.3 is 34.5 Å². The third-order valence-corrected chi connectivity index (χ3v) is 3.45. The first kappa shape index (κ1) is 19.5. The summed E-state index contributed by atoms with van der Waals surface area (Å²) in [5.74, 6) is 0. The van der Waals surface area contributed by atoms with Crippen molar-refractivity contribution in [2.45, 2.75) is 0 Å². The first-order valence-electron chi connectivity index (χ1n) is 5.95. The van der Waals surface area contributed by atoms with Crippen molar-refractivity contribution in [1.29, 1.82) is 0 Å². The fraction of sp³-hybridized carbons (Fsp3) is 0.0714. The standard InChI is InChI=1S/C14H13N3S2.2ClH.Rh/c1-19-14(18)17-16-13(11-7-3-2-4-8-11)12-9-5-6-10-15-12;;;/h2-10H,1H3,(H,17,18);2*1H;/q;;;+2/p-2. The van der Waals surface area contributed by atoms with E-state index in [9.17, 15) is 0 Å². The molecular formula is C14H13Cl2N3RhS2. The Morgan fingerprint density at radius 2 is 1.82 bits per heavy atom. The number of hydrazone groups is 1. The van der Waals surface area contributed by atoms with Gasteiger partial charge < -0.3 is 0 Å². The molecule has 1 N–H and O–H groups in total. The van der Waals surface area contributed by atoms with Crippen molar-refractivity contribution in [2.75, 3.05) is 6.26 Å². The molecular weight excluding hydrogens is 448 g/mol. The Bertz CT molecular complexity index is 556. The molecule has 0 saturated heterocycles. The van der Waals surface area contributed by atoms with E-state index in [0.29, 0.717) is 4.32 Å². The molecule has 3 nitrogen and oxygen atoms in total. The zero-order valence-corrected chi connectivity index (χ0v) is 16.3. The number of hydrogen-bond donors (Lipinski definition) is 1. The first-order chi connectivity index (χ1) is 10.7. The van der Waals surface area contributed by atoms with Gasteiger partial charge in [0.2, 0.25) is 0 Å². The van der Waals surface area contributed by atoms with E-state index in [2.05, 4.69) is 15.5 Å². The van der Waals surface area contributed by atoms with Crippen LogP contribution in [0.2, 0.25) is 0 Å². The van der Waals surface area contributed by atoms with Gasteiger partial charge in [-0.15, -0.1) is 0 Å². The molecule has 0 aliphatic rings. The summed E-state index contributed by atoms with van der Waals surface area (Å²) in [7, 11) is 9.67. The van der Waals surface area contributed by atoms with E-state index in [0.717, 1.165) is 17.0 Å². The fourth-order valence-electron chi connectivity index (χ4n) is 1.52. The first-order valence-corrected chi connectivity index (χ1v) is 11.8. The Balaban J connectivity index is 0.000000745. The molecule has 0 unspecified atom stereocenters. The Kier molecular flexibility index (Phi) is 10.6. The van der Waals surface area contributed by atoms with Crippen molar-refractivity contribution >= 4 is 53.4 Å². The van der Waals surface area contributed by atoms with Crippen LogP contribution in [0, 0.1) is 0 Å². The Morgan fingerprint density at radius 3 is 2.36 bits per heavy atom. The quantitative estimate of drug-likeness (QED) is 0.318. The van der Waals surface area contributed by atoms with E-state index in [1.54, 1.807) is 6.20 Å². The molecule has 0 aliphatic carbocycles. The van der Waals surface area contributed by atoms with Crippen LogP contribution in [0.4, 0.5) is 0 Å². The SMILES string of the molecule is CSC(=S)NN=C(c1ccccc1)c1ccccn1.[Cl][Rh][Cl]. The summed E-state index contributed by atoms with van der Waals surface area (Å²) in [5.41, 5.74) is 5.46. The zero-order valence-electron chi connectivity index (χ0n) is 11.5. The Morgan fingerprint density at radius 1 is 1.18 bits per heavy atom. The number of thioether (sulfide) groups is 1. The summed E-state index contributed by atoms with van der Waals surface area (Å²) in [5, 5.41) is 4.38. The van der Waals surface area contributed by atoms with Gasteiger partial charge in [-0.3, -0.25) is 10.4 Å². The Hall–Kier alpha value is -0.517. The number of pyridine rings is 1. The van der Waals surface area contributed by atoms with Crippen LogP contribution in [0.5, 0.6) is 0 Å². The van der Waals surface area contributed by atoms with Gasteiger partial charge in [0, 0.05) is 11.8 Å². The number of hydrogen-bond acceptors (Lipinski definition) is 4. The van der Waals surface area contributed by atoms with Crippen LogP contribution >= 0.6 is 43.4 Å². The second kappa shape index (κ2) is 12.0. The summed E-state index contributed by atoms with van der Waals surface area (Å²) < 4.78 is 0.629. The van der Waals surface area contributed by atoms with E-state index in [1.807, 2.05) is 54.8 Å². The molecule has 1 heterocycles. The van der Waals surface area contributed by atoms with Gasteiger partial charge in [0.25, 0.3) is 0 Å². The van der Waals surface area contributed by atoms with Crippen molar-refractivity contribution < 1.29 is 15.1 Å². The maximum absolute atomic E-state index is 5.10.